The first-order chi connectivity index (χ1) is 12.2. The number of aryl methyl sites for hydroxylation is 1. The first kappa shape index (κ1) is 15.0. The third kappa shape index (κ3) is 2.45. The SMILES string of the molecule is Cn1cc(C(=O)OCc2cn3ccccc3c2C#N)c2ccccc21. The molecule has 4 aromatic rings. The number of fused-ring (bicyclic) bond motifs is 2. The summed E-state index contributed by atoms with van der Waals surface area (Å²) in [6.07, 6.45) is 5.46. The largest absolute Gasteiger partial charge is 0.457 e. The summed E-state index contributed by atoms with van der Waals surface area (Å²) in [5.41, 5.74) is 3.54. The maximum Gasteiger partial charge on any atom is 0.340 e. The number of hydrogen-bond acceptors (Lipinski definition) is 3. The van der Waals surface area contributed by atoms with Crippen molar-refractivity contribution >= 4 is 22.4 Å². The molecule has 0 amide bonds. The number of hydrogen-bond donors (Lipinski definition) is 0. The molecule has 25 heavy (non-hydrogen) atoms. The number of carbonyl (C=O) groups excluding carboxylic acids is 1. The molecule has 0 radical (unpaired) electrons. The van der Waals surface area contributed by atoms with Gasteiger partial charge in [-0.15, -0.1) is 0 Å². The van der Waals surface area contributed by atoms with E-state index in [4.69, 9.17) is 4.74 Å². The van der Waals surface area contributed by atoms with E-state index < -0.39 is 5.97 Å². The molecule has 0 N–H and O–H groups in total. The van der Waals surface area contributed by atoms with Crippen LogP contribution >= 0.6 is 0 Å². The van der Waals surface area contributed by atoms with Gasteiger partial charge in [0.1, 0.15) is 12.7 Å². The minimum Gasteiger partial charge on any atom is -0.457 e. The summed E-state index contributed by atoms with van der Waals surface area (Å²) in [5.74, 6) is -0.393. The Balaban J connectivity index is 1.63. The van der Waals surface area contributed by atoms with Gasteiger partial charge in [0.25, 0.3) is 0 Å². The molecule has 0 aliphatic rings. The van der Waals surface area contributed by atoms with Gasteiger partial charge in [-0.05, 0) is 18.2 Å². The van der Waals surface area contributed by atoms with Gasteiger partial charge in [0.15, 0.2) is 0 Å². The van der Waals surface area contributed by atoms with Gasteiger partial charge in [0, 0.05) is 42.1 Å². The Kier molecular flexibility index (Phi) is 3.51. The van der Waals surface area contributed by atoms with Crippen LogP contribution in [0.5, 0.6) is 0 Å². The van der Waals surface area contributed by atoms with Crippen molar-refractivity contribution in [3.8, 4) is 6.07 Å². The number of nitriles is 1. The number of rotatable bonds is 3. The quantitative estimate of drug-likeness (QED) is 0.539. The van der Waals surface area contributed by atoms with Crippen LogP contribution in [-0.2, 0) is 18.4 Å². The number of benzene rings is 1. The van der Waals surface area contributed by atoms with Gasteiger partial charge < -0.3 is 13.7 Å². The molecule has 0 aliphatic heterocycles. The third-order valence-corrected chi connectivity index (χ3v) is 4.35. The van der Waals surface area contributed by atoms with Gasteiger partial charge in [-0.3, -0.25) is 0 Å². The van der Waals surface area contributed by atoms with E-state index in [1.54, 1.807) is 6.20 Å². The highest BCUT2D eigenvalue weighted by Crippen LogP contribution is 2.23. The van der Waals surface area contributed by atoms with E-state index in [2.05, 4.69) is 6.07 Å². The summed E-state index contributed by atoms with van der Waals surface area (Å²) in [6, 6.07) is 15.5. The molecule has 4 rings (SSSR count). The molecule has 0 bridgehead atoms. The van der Waals surface area contributed by atoms with Gasteiger partial charge >= 0.3 is 5.97 Å². The van der Waals surface area contributed by atoms with Crippen LogP contribution in [0.15, 0.2) is 61.1 Å². The van der Waals surface area contributed by atoms with Crippen LogP contribution in [-0.4, -0.2) is 14.9 Å². The van der Waals surface area contributed by atoms with Gasteiger partial charge in [-0.2, -0.15) is 5.26 Å². The van der Waals surface area contributed by atoms with Crippen molar-refractivity contribution in [2.75, 3.05) is 0 Å². The Hall–Kier alpha value is -3.52. The average molecular weight is 329 g/mol. The predicted octanol–water partition coefficient (Wildman–Crippen LogP) is 3.66. The first-order valence-corrected chi connectivity index (χ1v) is 7.89. The fraction of sp³-hybridized carbons (Fsp3) is 0.100. The Morgan fingerprint density at radius 1 is 1.12 bits per heavy atom. The average Bonchev–Trinajstić information content (AvgIpc) is 3.17. The van der Waals surface area contributed by atoms with E-state index >= 15 is 0 Å². The molecular weight excluding hydrogens is 314 g/mol. The molecule has 0 fully saturated rings. The zero-order valence-corrected chi connectivity index (χ0v) is 13.6. The van der Waals surface area contributed by atoms with Crippen LogP contribution in [0.25, 0.3) is 16.4 Å². The summed E-state index contributed by atoms with van der Waals surface area (Å²) in [4.78, 5) is 12.5. The molecular formula is C20H15N3O2. The van der Waals surface area contributed by atoms with Crippen LogP contribution in [0.2, 0.25) is 0 Å². The monoisotopic (exact) mass is 329 g/mol. The molecule has 0 unspecified atom stereocenters. The van der Waals surface area contributed by atoms with Gasteiger partial charge in [-0.25, -0.2) is 4.79 Å². The van der Waals surface area contributed by atoms with Crippen LogP contribution < -0.4 is 0 Å². The molecule has 0 spiro atoms. The Labute approximate surface area is 144 Å². The van der Waals surface area contributed by atoms with E-state index in [9.17, 15) is 10.1 Å². The Morgan fingerprint density at radius 3 is 2.72 bits per heavy atom. The zero-order valence-electron chi connectivity index (χ0n) is 13.6. The number of aromatic nitrogens is 2. The van der Waals surface area contributed by atoms with Crippen molar-refractivity contribution in [1.82, 2.24) is 8.97 Å². The molecule has 3 aromatic heterocycles. The Bertz CT molecular complexity index is 1140. The van der Waals surface area contributed by atoms with E-state index in [0.29, 0.717) is 16.7 Å². The fourth-order valence-electron chi connectivity index (χ4n) is 3.14. The minimum atomic E-state index is -0.393. The van der Waals surface area contributed by atoms with Crippen molar-refractivity contribution in [3.05, 3.63) is 77.7 Å². The standard InChI is InChI=1S/C20H15N3O2/c1-22-12-17(15-6-2-3-7-18(15)22)20(24)25-13-14-11-23-9-5-4-8-19(23)16(14)10-21/h2-9,11-12H,13H2,1H3. The Morgan fingerprint density at radius 2 is 1.88 bits per heavy atom. The van der Waals surface area contributed by atoms with Gasteiger partial charge in [0.05, 0.1) is 16.6 Å². The van der Waals surface area contributed by atoms with Crippen molar-refractivity contribution in [3.63, 3.8) is 0 Å². The second kappa shape index (κ2) is 5.84. The number of esters is 1. The van der Waals surface area contributed by atoms with E-state index in [1.807, 2.05) is 70.9 Å². The molecule has 0 atom stereocenters. The maximum atomic E-state index is 12.5. The zero-order chi connectivity index (χ0) is 17.4. The van der Waals surface area contributed by atoms with Gasteiger partial charge in [0.2, 0.25) is 0 Å². The molecule has 5 nitrogen and oxygen atoms in total. The summed E-state index contributed by atoms with van der Waals surface area (Å²) in [6.45, 7) is 0.0621. The van der Waals surface area contributed by atoms with Crippen molar-refractivity contribution < 1.29 is 9.53 Å². The molecule has 5 heteroatoms. The van der Waals surface area contributed by atoms with E-state index in [0.717, 1.165) is 16.4 Å². The van der Waals surface area contributed by atoms with Crippen molar-refractivity contribution in [2.24, 2.45) is 7.05 Å². The van der Waals surface area contributed by atoms with Crippen LogP contribution in [0.4, 0.5) is 0 Å². The molecule has 0 saturated heterocycles. The lowest BCUT2D eigenvalue weighted by atomic mass is 10.1. The number of para-hydroxylation sites is 1. The lowest BCUT2D eigenvalue weighted by Crippen LogP contribution is -2.05. The highest BCUT2D eigenvalue weighted by Gasteiger charge is 2.17. The molecule has 1 aromatic carbocycles. The first-order valence-electron chi connectivity index (χ1n) is 7.89. The second-order valence-electron chi connectivity index (χ2n) is 5.88. The summed E-state index contributed by atoms with van der Waals surface area (Å²) >= 11 is 0. The molecule has 0 aliphatic carbocycles. The van der Waals surface area contributed by atoms with Crippen LogP contribution in [0.3, 0.4) is 0 Å². The second-order valence-corrected chi connectivity index (χ2v) is 5.88. The summed E-state index contributed by atoms with van der Waals surface area (Å²) in [5, 5.41) is 10.3. The smallest absolute Gasteiger partial charge is 0.340 e. The van der Waals surface area contributed by atoms with Crippen LogP contribution in [0.1, 0.15) is 21.5 Å². The maximum absolute atomic E-state index is 12.5. The van der Waals surface area contributed by atoms with E-state index in [-0.39, 0.29) is 6.61 Å². The van der Waals surface area contributed by atoms with Gasteiger partial charge in [-0.1, -0.05) is 24.3 Å². The predicted molar refractivity (Wildman–Crippen MR) is 94.2 cm³/mol. The highest BCUT2D eigenvalue weighted by molar-refractivity contribution is 6.04. The number of ether oxygens (including phenoxy) is 1. The minimum absolute atomic E-state index is 0.0621. The molecule has 3 heterocycles. The van der Waals surface area contributed by atoms with Crippen molar-refractivity contribution in [2.45, 2.75) is 6.61 Å². The van der Waals surface area contributed by atoms with Crippen LogP contribution in [0, 0.1) is 11.3 Å². The summed E-state index contributed by atoms with van der Waals surface area (Å²) < 4.78 is 9.25. The lowest BCUT2D eigenvalue weighted by molar-refractivity contribution is 0.0475. The lowest BCUT2D eigenvalue weighted by Gasteiger charge is -2.03. The topological polar surface area (TPSA) is 59.4 Å². The van der Waals surface area contributed by atoms with E-state index in [1.165, 1.54) is 0 Å². The molecule has 0 saturated carbocycles. The number of pyridine rings is 1. The fourth-order valence-corrected chi connectivity index (χ4v) is 3.14. The molecule has 122 valence electrons. The highest BCUT2D eigenvalue weighted by atomic mass is 16.5. The summed E-state index contributed by atoms with van der Waals surface area (Å²) in [7, 11) is 1.90. The third-order valence-electron chi connectivity index (χ3n) is 4.35. The number of nitrogens with zero attached hydrogens (tertiary/aromatic N) is 3. The van der Waals surface area contributed by atoms with Crippen molar-refractivity contribution in [1.29, 1.82) is 5.26 Å². The normalized spacial score (nSPS) is 10.9. The number of carbonyl (C=O) groups is 1.